The van der Waals surface area contributed by atoms with Gasteiger partial charge >= 0.3 is 40.4 Å². The van der Waals surface area contributed by atoms with Crippen molar-refractivity contribution in [3.63, 3.8) is 0 Å². The maximum atomic E-state index is 7.57. The summed E-state index contributed by atoms with van der Waals surface area (Å²) < 4.78 is 0. The van der Waals surface area contributed by atoms with Crippen molar-refractivity contribution in [1.29, 1.82) is 0 Å². The van der Waals surface area contributed by atoms with Crippen LogP contribution < -0.4 is 0 Å². The zero-order valence-electron chi connectivity index (χ0n) is 2.82. The average molecular weight is 249 g/mol. The number of hydrogen-bond acceptors (Lipinski definition) is 1. The van der Waals surface area contributed by atoms with E-state index in [0.29, 0.717) is 0 Å². The van der Waals surface area contributed by atoms with Crippen LogP contribution in [0.15, 0.2) is 0 Å². The Bertz CT molecular complexity index is 9.61. The topological polar surface area (TPSA) is 20.2 Å². The van der Waals surface area contributed by atoms with Crippen molar-refractivity contribution < 1.29 is 39.0 Å². The first-order valence-corrected chi connectivity index (χ1v) is 3.45. The van der Waals surface area contributed by atoms with Crippen LogP contribution in [0, 0.1) is 33.9 Å². The van der Waals surface area contributed by atoms with Crippen molar-refractivity contribution in [2.45, 2.75) is 6.92 Å². The molecular weight excluding hydrogens is 243 g/mol. The Labute approximate surface area is 58.4 Å². The molecule has 0 rings (SSSR count). The quantitative estimate of drug-likeness (QED) is 0.669. The van der Waals surface area contributed by atoms with Gasteiger partial charge in [0.15, 0.2) is 0 Å². The second-order valence-electron chi connectivity index (χ2n) is 0.316. The molecule has 3 heteroatoms. The number of rotatable bonds is 0. The molecule has 0 aromatic heterocycles. The molecule has 1 N–H and O–H groups in total. The van der Waals surface area contributed by atoms with Crippen LogP contribution >= 0.6 is 6.47 Å². The predicted molar refractivity (Wildman–Crippen MR) is 18.6 cm³/mol. The van der Waals surface area contributed by atoms with Crippen molar-refractivity contribution in [2.24, 2.45) is 0 Å². The number of aliphatic hydroxyl groups is 1. The van der Waals surface area contributed by atoms with Crippen molar-refractivity contribution in [1.82, 2.24) is 0 Å². The molecule has 0 unspecified atom stereocenters. The third-order valence-corrected chi connectivity index (χ3v) is 0. The van der Waals surface area contributed by atoms with E-state index in [4.69, 9.17) is 5.11 Å². The molecule has 0 fully saturated rings. The molecule has 5 heavy (non-hydrogen) atoms. The van der Waals surface area contributed by atoms with Crippen LogP contribution in [0.1, 0.15) is 6.92 Å². The van der Waals surface area contributed by atoms with Gasteiger partial charge in [-0.15, -0.1) is 0 Å². The third kappa shape index (κ3) is 30.0. The predicted octanol–water partition coefficient (Wildman–Crippen LogP) is 0.688. The van der Waals surface area contributed by atoms with Gasteiger partial charge in [-0.05, 0) is 6.92 Å². The van der Waals surface area contributed by atoms with Gasteiger partial charge in [0.05, 0.1) is 0 Å². The molecule has 1 nitrogen and oxygen atoms in total. The third-order valence-electron chi connectivity index (χ3n) is 0. The summed E-state index contributed by atoms with van der Waals surface area (Å²) >= 11 is 1.89. The van der Waals surface area contributed by atoms with Crippen LogP contribution in [0.4, 0.5) is 0 Å². The monoisotopic (exact) mass is 247 g/mol. The molecule has 0 spiro atoms. The summed E-state index contributed by atoms with van der Waals surface area (Å²) in [5, 5.41) is 7.57. The fourth-order valence-electron chi connectivity index (χ4n) is 0. The molecule has 0 aliphatic heterocycles. The molecule has 39 valence electrons. The summed E-state index contributed by atoms with van der Waals surface area (Å²) in [4.78, 5) is 0. The first-order valence-electron chi connectivity index (χ1n) is 1.13. The fourth-order valence-corrected chi connectivity index (χ4v) is 0. The SMILES string of the molecule is CCO.[Cl][Er]. The average Bonchev–Trinajstić information content (AvgIpc) is 1.46. The van der Waals surface area contributed by atoms with Crippen LogP contribution in [0.5, 0.6) is 0 Å². The first-order chi connectivity index (χ1) is 2.41. The normalized spacial score (nSPS) is 5.00. The number of aliphatic hydroxyl groups excluding tert-OH is 1. The first kappa shape index (κ1) is 9.71. The summed E-state index contributed by atoms with van der Waals surface area (Å²) in [6, 6.07) is 0. The van der Waals surface area contributed by atoms with E-state index in [-0.39, 0.29) is 6.61 Å². The van der Waals surface area contributed by atoms with E-state index >= 15 is 0 Å². The molecule has 0 radical (unpaired) electrons. The molecular formula is C2H6ClErO. The second kappa shape index (κ2) is 17.8. The Morgan fingerprint density at radius 3 is 1.80 bits per heavy atom. The van der Waals surface area contributed by atoms with Gasteiger partial charge in [0.2, 0.25) is 0 Å². The van der Waals surface area contributed by atoms with E-state index in [1.54, 1.807) is 6.92 Å². The fraction of sp³-hybridized carbons (Fsp3) is 1.00. The van der Waals surface area contributed by atoms with Crippen LogP contribution in [0.2, 0.25) is 0 Å². The maximum absolute atomic E-state index is 7.57. The van der Waals surface area contributed by atoms with Crippen LogP contribution in [0.25, 0.3) is 0 Å². The van der Waals surface area contributed by atoms with Crippen molar-refractivity contribution in [2.75, 3.05) is 6.61 Å². The summed E-state index contributed by atoms with van der Waals surface area (Å²) in [6.07, 6.45) is 0. The van der Waals surface area contributed by atoms with E-state index in [2.05, 4.69) is 6.47 Å². The Morgan fingerprint density at radius 1 is 1.80 bits per heavy atom. The van der Waals surface area contributed by atoms with Gasteiger partial charge in [0.25, 0.3) is 0 Å². The van der Waals surface area contributed by atoms with E-state index in [0.717, 1.165) is 0 Å². The summed E-state index contributed by atoms with van der Waals surface area (Å²) in [6.45, 7) is 6.49. The molecule has 0 aliphatic carbocycles. The molecule has 0 amide bonds. The van der Waals surface area contributed by atoms with E-state index in [1.807, 2.05) is 33.9 Å². The van der Waals surface area contributed by atoms with Crippen molar-refractivity contribution in [3.8, 4) is 0 Å². The summed E-state index contributed by atoms with van der Waals surface area (Å²) in [5.41, 5.74) is 0. The minimum absolute atomic E-state index is 0.250. The van der Waals surface area contributed by atoms with E-state index in [1.165, 1.54) is 0 Å². The van der Waals surface area contributed by atoms with Crippen LogP contribution in [-0.2, 0) is 0 Å². The second-order valence-corrected chi connectivity index (χ2v) is 0.316. The molecule has 0 aliphatic rings. The van der Waals surface area contributed by atoms with Gasteiger partial charge in [0, 0.05) is 6.61 Å². The van der Waals surface area contributed by atoms with Gasteiger partial charge in [-0.25, -0.2) is 0 Å². The van der Waals surface area contributed by atoms with Gasteiger partial charge in [-0.2, -0.15) is 0 Å². The molecule has 0 aromatic rings. The number of hydrogen-bond donors (Lipinski definition) is 1. The Kier molecular flexibility index (Phi) is 34.6. The Morgan fingerprint density at radius 2 is 1.80 bits per heavy atom. The van der Waals surface area contributed by atoms with Crippen molar-refractivity contribution >= 4 is 6.47 Å². The Hall–Kier alpha value is 1.50. The molecule has 0 bridgehead atoms. The molecule has 0 heterocycles. The minimum atomic E-state index is 0.250. The zero-order valence-corrected chi connectivity index (χ0v) is 5.43. The van der Waals surface area contributed by atoms with Crippen LogP contribution in [-0.4, -0.2) is 11.7 Å². The van der Waals surface area contributed by atoms with Crippen molar-refractivity contribution in [3.05, 3.63) is 0 Å². The van der Waals surface area contributed by atoms with E-state index < -0.39 is 0 Å². The van der Waals surface area contributed by atoms with Gasteiger partial charge in [-0.1, -0.05) is 0 Å². The van der Waals surface area contributed by atoms with Gasteiger partial charge < -0.3 is 5.11 Å². The molecule has 0 atom stereocenters. The van der Waals surface area contributed by atoms with Crippen LogP contribution in [0.3, 0.4) is 0 Å². The Balaban J connectivity index is 0. The van der Waals surface area contributed by atoms with E-state index in [9.17, 15) is 0 Å². The molecule has 0 saturated heterocycles. The number of halogens is 1. The van der Waals surface area contributed by atoms with Gasteiger partial charge in [-0.3, -0.25) is 0 Å². The summed E-state index contributed by atoms with van der Waals surface area (Å²) in [5.74, 6) is 0. The van der Waals surface area contributed by atoms with Gasteiger partial charge in [0.1, 0.15) is 0 Å². The standard InChI is InChI=1S/C2H6O.ClH.Er/c1-2-3;;/h3H,2H2,1H3;1H;/q;;+1/p-1. The molecule has 0 aromatic carbocycles. The molecule has 0 saturated carbocycles. The summed E-state index contributed by atoms with van der Waals surface area (Å²) in [7, 11) is 0. The zero-order chi connectivity index (χ0) is 4.71.